The highest BCUT2D eigenvalue weighted by Crippen LogP contribution is 2.37. The number of nitrogens with one attached hydrogen (secondary N) is 1. The van der Waals surface area contributed by atoms with E-state index in [9.17, 15) is 4.79 Å². The van der Waals surface area contributed by atoms with Gasteiger partial charge in [0.1, 0.15) is 11.6 Å². The van der Waals surface area contributed by atoms with Gasteiger partial charge in [-0.2, -0.15) is 0 Å². The van der Waals surface area contributed by atoms with Crippen LogP contribution in [0, 0.1) is 0 Å². The predicted octanol–water partition coefficient (Wildman–Crippen LogP) is 2.29. The maximum Gasteiger partial charge on any atom is 0.254 e. The van der Waals surface area contributed by atoms with Crippen LogP contribution in [0.3, 0.4) is 0 Å². The SMILES string of the molecule is COc1cccc(CNC(=O)c2cnc(C3CC3)nc2)c1. The summed E-state index contributed by atoms with van der Waals surface area (Å²) in [5, 5.41) is 2.86. The molecular weight excluding hydrogens is 266 g/mol. The van der Waals surface area contributed by atoms with Crippen LogP contribution in [0.15, 0.2) is 36.7 Å². The molecule has 0 bridgehead atoms. The third-order valence-electron chi connectivity index (χ3n) is 3.46. The van der Waals surface area contributed by atoms with Crippen molar-refractivity contribution in [2.45, 2.75) is 25.3 Å². The summed E-state index contributed by atoms with van der Waals surface area (Å²) in [5.41, 5.74) is 1.47. The Kier molecular flexibility index (Phi) is 3.81. The quantitative estimate of drug-likeness (QED) is 0.914. The van der Waals surface area contributed by atoms with Crippen LogP contribution in [0.1, 0.15) is 40.5 Å². The zero-order chi connectivity index (χ0) is 14.7. The van der Waals surface area contributed by atoms with Crippen molar-refractivity contribution < 1.29 is 9.53 Å². The van der Waals surface area contributed by atoms with Gasteiger partial charge in [0.2, 0.25) is 0 Å². The molecule has 0 aliphatic heterocycles. The van der Waals surface area contributed by atoms with Crippen molar-refractivity contribution in [1.29, 1.82) is 0 Å². The fourth-order valence-electron chi connectivity index (χ4n) is 2.07. The Bertz CT molecular complexity index is 636. The molecular formula is C16H17N3O2. The highest BCUT2D eigenvalue weighted by Gasteiger charge is 2.26. The highest BCUT2D eigenvalue weighted by atomic mass is 16.5. The Labute approximate surface area is 123 Å². The molecule has 1 aromatic carbocycles. The molecule has 0 spiro atoms. The third-order valence-corrected chi connectivity index (χ3v) is 3.46. The average molecular weight is 283 g/mol. The van der Waals surface area contributed by atoms with Crippen molar-refractivity contribution in [1.82, 2.24) is 15.3 Å². The van der Waals surface area contributed by atoms with Crippen LogP contribution < -0.4 is 10.1 Å². The molecule has 2 aromatic rings. The molecule has 0 atom stereocenters. The number of hydrogen-bond acceptors (Lipinski definition) is 4. The van der Waals surface area contributed by atoms with Gasteiger partial charge < -0.3 is 10.1 Å². The van der Waals surface area contributed by atoms with E-state index in [1.165, 1.54) is 0 Å². The van der Waals surface area contributed by atoms with Crippen LogP contribution in [-0.2, 0) is 6.54 Å². The summed E-state index contributed by atoms with van der Waals surface area (Å²) in [6.07, 6.45) is 5.51. The lowest BCUT2D eigenvalue weighted by Gasteiger charge is -2.07. The second-order valence-electron chi connectivity index (χ2n) is 5.14. The van der Waals surface area contributed by atoms with E-state index in [1.807, 2.05) is 24.3 Å². The Morgan fingerprint density at radius 3 is 2.76 bits per heavy atom. The molecule has 1 saturated carbocycles. The molecule has 1 N–H and O–H groups in total. The van der Waals surface area contributed by atoms with Crippen molar-refractivity contribution in [2.75, 3.05) is 7.11 Å². The first-order valence-corrected chi connectivity index (χ1v) is 6.99. The Hall–Kier alpha value is -2.43. The molecule has 3 rings (SSSR count). The molecule has 0 saturated heterocycles. The first-order valence-electron chi connectivity index (χ1n) is 6.99. The number of nitrogens with zero attached hydrogens (tertiary/aromatic N) is 2. The fourth-order valence-corrected chi connectivity index (χ4v) is 2.07. The van der Waals surface area contributed by atoms with E-state index in [0.717, 1.165) is 30.0 Å². The number of ether oxygens (including phenoxy) is 1. The number of hydrogen-bond donors (Lipinski definition) is 1. The van der Waals surface area contributed by atoms with Gasteiger partial charge in [0.25, 0.3) is 5.91 Å². The molecule has 108 valence electrons. The standard InChI is InChI=1S/C16H17N3O2/c1-21-14-4-2-3-11(7-14)8-19-16(20)13-9-17-15(18-10-13)12-5-6-12/h2-4,7,9-10,12H,5-6,8H2,1H3,(H,19,20). The molecule has 21 heavy (non-hydrogen) atoms. The molecule has 1 fully saturated rings. The first kappa shape index (κ1) is 13.5. The molecule has 5 heteroatoms. The third kappa shape index (κ3) is 3.37. The second-order valence-corrected chi connectivity index (χ2v) is 5.14. The van der Waals surface area contributed by atoms with E-state index < -0.39 is 0 Å². The molecule has 1 amide bonds. The number of methoxy groups -OCH3 is 1. The molecule has 1 aromatic heterocycles. The molecule has 0 unspecified atom stereocenters. The van der Waals surface area contributed by atoms with Crippen LogP contribution in [0.4, 0.5) is 0 Å². The molecule has 1 heterocycles. The average Bonchev–Trinajstić information content (AvgIpc) is 3.38. The van der Waals surface area contributed by atoms with E-state index in [0.29, 0.717) is 18.0 Å². The van der Waals surface area contributed by atoms with E-state index >= 15 is 0 Å². The summed E-state index contributed by atoms with van der Waals surface area (Å²) in [6.45, 7) is 0.445. The van der Waals surface area contributed by atoms with Gasteiger partial charge in [-0.05, 0) is 30.5 Å². The van der Waals surface area contributed by atoms with Crippen molar-refractivity contribution in [3.05, 3.63) is 53.6 Å². The zero-order valence-corrected chi connectivity index (χ0v) is 11.9. The number of rotatable bonds is 5. The predicted molar refractivity (Wildman–Crippen MR) is 78.2 cm³/mol. The minimum atomic E-state index is -0.167. The van der Waals surface area contributed by atoms with E-state index in [4.69, 9.17) is 4.74 Å². The summed E-state index contributed by atoms with van der Waals surface area (Å²) in [7, 11) is 1.62. The smallest absolute Gasteiger partial charge is 0.254 e. The number of carbonyl (C=O) groups excluding carboxylic acids is 1. The minimum absolute atomic E-state index is 0.167. The second kappa shape index (κ2) is 5.91. The number of aromatic nitrogens is 2. The van der Waals surface area contributed by atoms with Gasteiger partial charge in [0.15, 0.2) is 0 Å². The van der Waals surface area contributed by atoms with E-state index in [2.05, 4.69) is 15.3 Å². The fraction of sp³-hybridized carbons (Fsp3) is 0.312. The van der Waals surface area contributed by atoms with Crippen LogP contribution in [0.25, 0.3) is 0 Å². The molecule has 1 aliphatic carbocycles. The van der Waals surface area contributed by atoms with Crippen molar-refractivity contribution in [3.8, 4) is 5.75 Å². The van der Waals surface area contributed by atoms with Crippen molar-refractivity contribution in [3.63, 3.8) is 0 Å². The van der Waals surface area contributed by atoms with E-state index in [-0.39, 0.29) is 5.91 Å². The highest BCUT2D eigenvalue weighted by molar-refractivity contribution is 5.93. The van der Waals surface area contributed by atoms with Gasteiger partial charge in [0, 0.05) is 24.9 Å². The van der Waals surface area contributed by atoms with Gasteiger partial charge in [-0.1, -0.05) is 12.1 Å². The normalized spacial score (nSPS) is 13.8. The van der Waals surface area contributed by atoms with Gasteiger partial charge >= 0.3 is 0 Å². The summed E-state index contributed by atoms with van der Waals surface area (Å²) in [4.78, 5) is 20.6. The summed E-state index contributed by atoms with van der Waals surface area (Å²) >= 11 is 0. The van der Waals surface area contributed by atoms with Crippen LogP contribution >= 0.6 is 0 Å². The largest absolute Gasteiger partial charge is 0.497 e. The van der Waals surface area contributed by atoms with Crippen molar-refractivity contribution in [2.24, 2.45) is 0 Å². The van der Waals surface area contributed by atoms with Gasteiger partial charge in [-0.3, -0.25) is 4.79 Å². The summed E-state index contributed by atoms with van der Waals surface area (Å²) in [5.74, 6) is 1.96. The van der Waals surface area contributed by atoms with E-state index in [1.54, 1.807) is 19.5 Å². The molecule has 1 aliphatic rings. The summed E-state index contributed by atoms with van der Waals surface area (Å²) in [6, 6.07) is 7.60. The van der Waals surface area contributed by atoms with Gasteiger partial charge in [0.05, 0.1) is 12.7 Å². The van der Waals surface area contributed by atoms with Crippen LogP contribution in [-0.4, -0.2) is 23.0 Å². The molecule has 5 nitrogen and oxygen atoms in total. The minimum Gasteiger partial charge on any atom is -0.497 e. The Morgan fingerprint density at radius 1 is 1.33 bits per heavy atom. The monoisotopic (exact) mass is 283 g/mol. The van der Waals surface area contributed by atoms with Crippen LogP contribution in [0.5, 0.6) is 5.75 Å². The number of amides is 1. The topological polar surface area (TPSA) is 64.1 Å². The van der Waals surface area contributed by atoms with Gasteiger partial charge in [-0.25, -0.2) is 9.97 Å². The number of benzene rings is 1. The van der Waals surface area contributed by atoms with Crippen molar-refractivity contribution >= 4 is 5.91 Å². The first-order chi connectivity index (χ1) is 10.3. The number of carbonyl (C=O) groups is 1. The maximum absolute atomic E-state index is 12.0. The Morgan fingerprint density at radius 2 is 2.10 bits per heavy atom. The maximum atomic E-state index is 12.0. The van der Waals surface area contributed by atoms with Gasteiger partial charge in [-0.15, -0.1) is 0 Å². The lowest BCUT2D eigenvalue weighted by atomic mass is 10.2. The molecule has 0 radical (unpaired) electrons. The Balaban J connectivity index is 1.60. The van der Waals surface area contributed by atoms with Crippen LogP contribution in [0.2, 0.25) is 0 Å². The summed E-state index contributed by atoms with van der Waals surface area (Å²) < 4.78 is 5.16. The lowest BCUT2D eigenvalue weighted by Crippen LogP contribution is -2.23. The lowest BCUT2D eigenvalue weighted by molar-refractivity contribution is 0.0950. The zero-order valence-electron chi connectivity index (χ0n) is 11.9.